The van der Waals surface area contributed by atoms with E-state index in [2.05, 4.69) is 16.0 Å². The molecule has 16 heteroatoms. The lowest BCUT2D eigenvalue weighted by Crippen LogP contribution is -2.44. The molecule has 16 nitrogen and oxygen atoms in total. The Bertz CT molecular complexity index is 1820. The number of hydrogen-bond acceptors (Lipinski definition) is 10. The van der Waals surface area contributed by atoms with Crippen LogP contribution in [0.25, 0.3) is 0 Å². The first-order valence-electron chi connectivity index (χ1n) is 20.7. The van der Waals surface area contributed by atoms with E-state index in [1.807, 2.05) is 38.0 Å². The summed E-state index contributed by atoms with van der Waals surface area (Å²) in [5, 5.41) is 9.39. The van der Waals surface area contributed by atoms with Crippen LogP contribution >= 0.6 is 0 Å². The van der Waals surface area contributed by atoms with E-state index in [1.54, 1.807) is 23.1 Å². The van der Waals surface area contributed by atoms with Gasteiger partial charge in [-0.05, 0) is 88.8 Å². The zero-order valence-corrected chi connectivity index (χ0v) is 36.0. The number of methoxy groups -OCH3 is 4. The van der Waals surface area contributed by atoms with Crippen LogP contribution in [0.1, 0.15) is 106 Å². The van der Waals surface area contributed by atoms with Gasteiger partial charge in [0.05, 0.1) is 56.7 Å². The van der Waals surface area contributed by atoms with Crippen LogP contribution in [0.3, 0.4) is 0 Å². The molecule has 3 fully saturated rings. The quantitative estimate of drug-likeness (QED) is 0.171. The highest BCUT2D eigenvalue weighted by Gasteiger charge is 2.31. The Balaban J connectivity index is 1.19. The molecule has 1 aliphatic heterocycles. The van der Waals surface area contributed by atoms with Gasteiger partial charge in [0.15, 0.2) is 5.96 Å². The lowest BCUT2D eigenvalue weighted by atomic mass is 9.90. The maximum Gasteiger partial charge on any atom is 0.257 e. The van der Waals surface area contributed by atoms with Crippen molar-refractivity contribution in [2.75, 3.05) is 76.3 Å². The molecule has 0 unspecified atom stereocenters. The van der Waals surface area contributed by atoms with E-state index >= 15 is 0 Å². The molecule has 324 valence electrons. The summed E-state index contributed by atoms with van der Waals surface area (Å²) in [4.78, 5) is 65.4. The molecule has 4 amide bonds. The van der Waals surface area contributed by atoms with Gasteiger partial charge in [-0.15, -0.1) is 0 Å². The minimum atomic E-state index is -0.366. The molecule has 2 saturated carbocycles. The van der Waals surface area contributed by atoms with Crippen LogP contribution < -0.4 is 40.6 Å². The molecule has 59 heavy (non-hydrogen) atoms. The van der Waals surface area contributed by atoms with Crippen molar-refractivity contribution in [2.24, 2.45) is 16.6 Å². The molecular weight excluding hydrogens is 757 g/mol. The Morgan fingerprint density at radius 2 is 0.949 bits per heavy atom. The number of piperidine rings is 1. The molecule has 0 spiro atoms. The lowest BCUT2D eigenvalue weighted by Gasteiger charge is -2.32. The molecule has 2 aliphatic carbocycles. The molecule has 1 heterocycles. The number of hydrogen-bond donors (Lipinski definition) is 4. The molecule has 2 aromatic carbocycles. The lowest BCUT2D eigenvalue weighted by molar-refractivity contribution is 0.0689. The number of rotatable bonds is 13. The number of likely N-dealkylation sites (tertiary alicyclic amines) is 1. The van der Waals surface area contributed by atoms with Gasteiger partial charge in [0.1, 0.15) is 23.0 Å². The molecule has 0 bridgehead atoms. The van der Waals surface area contributed by atoms with Gasteiger partial charge in [0, 0.05) is 71.5 Å². The fraction of sp³-hybridized carbons (Fsp3) is 0.605. The molecule has 2 aromatic rings. The summed E-state index contributed by atoms with van der Waals surface area (Å²) in [6, 6.07) is 6.07. The Morgan fingerprint density at radius 3 is 1.31 bits per heavy atom. The number of ether oxygens (including phenoxy) is 4. The largest absolute Gasteiger partial charge is 0.496 e. The van der Waals surface area contributed by atoms with Gasteiger partial charge in [0.2, 0.25) is 0 Å². The molecule has 5 N–H and O–H groups in total. The van der Waals surface area contributed by atoms with Gasteiger partial charge in [-0.3, -0.25) is 19.2 Å². The molecule has 0 aromatic heterocycles. The molecular formula is C43H64N8O8. The monoisotopic (exact) mass is 820 g/mol. The summed E-state index contributed by atoms with van der Waals surface area (Å²) < 4.78 is 22.3. The summed E-state index contributed by atoms with van der Waals surface area (Å²) in [7, 11) is 13.8. The highest BCUT2D eigenvalue weighted by molar-refractivity contribution is 6.04. The number of aliphatic imine (C=N–C) groups is 1. The van der Waals surface area contributed by atoms with E-state index < -0.39 is 0 Å². The zero-order valence-electron chi connectivity index (χ0n) is 36.0. The van der Waals surface area contributed by atoms with Gasteiger partial charge >= 0.3 is 0 Å². The summed E-state index contributed by atoms with van der Waals surface area (Å²) in [5.74, 6) is 1.31. The highest BCUT2D eigenvalue weighted by Crippen LogP contribution is 2.33. The van der Waals surface area contributed by atoms with Crippen molar-refractivity contribution in [1.29, 1.82) is 0 Å². The van der Waals surface area contributed by atoms with Crippen LogP contribution in [0.4, 0.5) is 0 Å². The van der Waals surface area contributed by atoms with E-state index in [4.69, 9.17) is 29.7 Å². The number of carbonyl (C=O) groups is 4. The number of nitrogens with zero attached hydrogens (tertiary/aromatic N) is 4. The Hall–Kier alpha value is -5.25. The molecule has 3 aliphatic rings. The fourth-order valence-corrected chi connectivity index (χ4v) is 8.35. The molecule has 0 atom stereocenters. The number of benzene rings is 2. The second-order valence-electron chi connectivity index (χ2n) is 16.2. The van der Waals surface area contributed by atoms with Crippen LogP contribution in [0, 0.1) is 5.92 Å². The number of nitrogens with two attached hydrogens (primary N) is 1. The van der Waals surface area contributed by atoms with Crippen molar-refractivity contribution in [3.63, 3.8) is 0 Å². The third-order valence-corrected chi connectivity index (χ3v) is 11.8. The third-order valence-electron chi connectivity index (χ3n) is 11.8. The highest BCUT2D eigenvalue weighted by atomic mass is 16.5. The van der Waals surface area contributed by atoms with Crippen molar-refractivity contribution in [1.82, 2.24) is 30.7 Å². The molecule has 1 saturated heterocycles. The first-order chi connectivity index (χ1) is 28.3. The molecule has 0 radical (unpaired) electrons. The van der Waals surface area contributed by atoms with Crippen LogP contribution in [-0.2, 0) is 0 Å². The number of carbonyl (C=O) groups excluding carboxylic acids is 4. The maximum absolute atomic E-state index is 13.8. The maximum atomic E-state index is 13.8. The Kier molecular flexibility index (Phi) is 15.7. The van der Waals surface area contributed by atoms with E-state index in [0.717, 1.165) is 44.5 Å². The number of amides is 4. The van der Waals surface area contributed by atoms with Crippen molar-refractivity contribution in [2.45, 2.75) is 88.4 Å². The topological polar surface area (TPSA) is 189 Å². The zero-order chi connectivity index (χ0) is 42.8. The first-order valence-corrected chi connectivity index (χ1v) is 20.7. The predicted molar refractivity (Wildman–Crippen MR) is 226 cm³/mol. The van der Waals surface area contributed by atoms with E-state index in [9.17, 15) is 19.2 Å². The third kappa shape index (κ3) is 11.1. The summed E-state index contributed by atoms with van der Waals surface area (Å²) in [6.45, 7) is 1.78. The summed E-state index contributed by atoms with van der Waals surface area (Å²) in [5.41, 5.74) is 6.88. The second-order valence-corrected chi connectivity index (χ2v) is 16.2. The minimum absolute atomic E-state index is 0.0317. The van der Waals surface area contributed by atoms with Crippen LogP contribution in [0.15, 0.2) is 29.3 Å². The normalized spacial score (nSPS) is 20.7. The van der Waals surface area contributed by atoms with Crippen molar-refractivity contribution >= 4 is 29.6 Å². The van der Waals surface area contributed by atoms with Crippen LogP contribution in [0.2, 0.25) is 0 Å². The van der Waals surface area contributed by atoms with Gasteiger partial charge < -0.3 is 55.3 Å². The van der Waals surface area contributed by atoms with Gasteiger partial charge in [-0.1, -0.05) is 0 Å². The van der Waals surface area contributed by atoms with Crippen molar-refractivity contribution in [3.05, 3.63) is 46.5 Å². The van der Waals surface area contributed by atoms with E-state index in [0.29, 0.717) is 79.8 Å². The summed E-state index contributed by atoms with van der Waals surface area (Å²) in [6.07, 6.45) is 7.38. The Morgan fingerprint density at radius 1 is 0.593 bits per heavy atom. The van der Waals surface area contributed by atoms with Crippen molar-refractivity contribution in [3.8, 4) is 23.0 Å². The number of guanidine groups is 1. The van der Waals surface area contributed by atoms with Crippen LogP contribution in [0.5, 0.6) is 23.0 Å². The van der Waals surface area contributed by atoms with Gasteiger partial charge in [-0.2, -0.15) is 0 Å². The Labute approximate surface area is 348 Å². The average Bonchev–Trinajstić information content (AvgIpc) is 3.25. The second kappa shape index (κ2) is 20.6. The predicted octanol–water partition coefficient (Wildman–Crippen LogP) is 3.52. The number of nitrogens with one attached hydrogen (secondary N) is 3. The minimum Gasteiger partial charge on any atom is -0.496 e. The average molecular weight is 821 g/mol. The smallest absolute Gasteiger partial charge is 0.257 e. The van der Waals surface area contributed by atoms with Crippen LogP contribution in [-0.4, -0.2) is 145 Å². The van der Waals surface area contributed by atoms with E-state index in [-0.39, 0.29) is 64.5 Å². The van der Waals surface area contributed by atoms with E-state index in [1.165, 1.54) is 34.5 Å². The van der Waals surface area contributed by atoms with Gasteiger partial charge in [0.25, 0.3) is 23.6 Å². The SMILES string of the molecule is COc1cc(OC)c(C(=O)N[C@H]2CC[C@@H](NC(=O)c3cc(C(=O)N4CCC(CN)CC4)c(OC)cc3OC)CC2)cc1C(=O)N[C@H]1CC[C@@H](N=C(N(C)C)N(C)C)CC1. The molecule has 5 rings (SSSR count). The first kappa shape index (κ1) is 44.8. The fourth-order valence-electron chi connectivity index (χ4n) is 8.35. The van der Waals surface area contributed by atoms with Gasteiger partial charge in [-0.25, -0.2) is 4.99 Å². The van der Waals surface area contributed by atoms with Crippen molar-refractivity contribution < 1.29 is 38.1 Å². The standard InChI is InChI=1S/C43H64N8O8/c1-49(2)43(50(3)4)48-30-15-13-29(14-16-30)46-40(53)32-21-31(35(56-5)23-36(32)57-6)39(52)45-27-9-11-28(12-10-27)47-41(54)33-22-34(38(59-8)24-37(33)58-7)42(55)51-19-17-26(25-44)18-20-51/h21-24,26-30H,9-20,25,44H2,1-8H3,(H,45,52)(H,46,53)(H,47,54)/t27-,28+,29-,30+. The summed E-state index contributed by atoms with van der Waals surface area (Å²) >= 11 is 0.